The van der Waals surface area contributed by atoms with Gasteiger partial charge in [-0.05, 0) is 49.1 Å². The normalized spacial score (nSPS) is 12.5. The summed E-state index contributed by atoms with van der Waals surface area (Å²) >= 11 is 1.23. The molecule has 128 valence electrons. The first-order valence-electron chi connectivity index (χ1n) is 6.87. The fourth-order valence-electron chi connectivity index (χ4n) is 1.84. The van der Waals surface area contributed by atoms with Crippen molar-refractivity contribution in [2.75, 3.05) is 5.32 Å². The van der Waals surface area contributed by atoms with Crippen LogP contribution in [0.5, 0.6) is 0 Å². The topological polar surface area (TPSA) is 116 Å². The highest BCUT2D eigenvalue weighted by Gasteiger charge is 2.21. The Morgan fingerprint density at radius 3 is 2.58 bits per heavy atom. The molecule has 2 aromatic rings. The van der Waals surface area contributed by atoms with Crippen LogP contribution in [-0.2, 0) is 19.6 Å². The number of thiophene rings is 1. The highest BCUT2D eigenvalue weighted by molar-refractivity contribution is 7.89. The van der Waals surface area contributed by atoms with E-state index in [0.717, 1.165) is 5.56 Å². The van der Waals surface area contributed by atoms with Gasteiger partial charge in [-0.15, -0.1) is 11.3 Å². The fourth-order valence-corrected chi connectivity index (χ4v) is 3.21. The van der Waals surface area contributed by atoms with Crippen molar-refractivity contribution in [1.82, 2.24) is 0 Å². The van der Waals surface area contributed by atoms with Crippen molar-refractivity contribution in [3.8, 4) is 0 Å². The number of sulfonamides is 1. The molecule has 0 aliphatic rings. The molecule has 0 spiro atoms. The number of ether oxygens (including phenoxy) is 1. The Balaban J connectivity index is 2.04. The van der Waals surface area contributed by atoms with Crippen molar-refractivity contribution < 1.29 is 22.7 Å². The molecule has 2 rings (SSSR count). The third-order valence-electron chi connectivity index (χ3n) is 3.13. The van der Waals surface area contributed by atoms with Crippen LogP contribution in [0, 0.1) is 6.92 Å². The van der Waals surface area contributed by atoms with Crippen LogP contribution in [0.25, 0.3) is 0 Å². The number of carbonyl (C=O) groups is 2. The molecule has 0 aliphatic heterocycles. The maximum absolute atomic E-state index is 12.1. The van der Waals surface area contributed by atoms with Crippen molar-refractivity contribution in [2.45, 2.75) is 24.8 Å². The van der Waals surface area contributed by atoms with Crippen LogP contribution >= 0.6 is 11.3 Å². The summed E-state index contributed by atoms with van der Waals surface area (Å²) in [5.41, 5.74) is 1.01. The molecule has 0 saturated carbocycles. The molecule has 0 bridgehead atoms. The lowest BCUT2D eigenvalue weighted by atomic mass is 10.3. The molecule has 1 atom stereocenters. The van der Waals surface area contributed by atoms with Crippen molar-refractivity contribution in [1.29, 1.82) is 0 Å². The van der Waals surface area contributed by atoms with Gasteiger partial charge in [0, 0.05) is 5.69 Å². The molecule has 0 saturated heterocycles. The monoisotopic (exact) mass is 368 g/mol. The first kappa shape index (κ1) is 18.1. The summed E-state index contributed by atoms with van der Waals surface area (Å²) in [5.74, 6) is -1.16. The summed E-state index contributed by atoms with van der Waals surface area (Å²) in [6.07, 6.45) is -1.04. The zero-order valence-corrected chi connectivity index (χ0v) is 14.6. The Kier molecular flexibility index (Phi) is 5.37. The van der Waals surface area contributed by atoms with Crippen LogP contribution in [0.4, 0.5) is 5.69 Å². The molecule has 7 nitrogen and oxygen atoms in total. The second-order valence-corrected chi connectivity index (χ2v) is 7.52. The van der Waals surface area contributed by atoms with E-state index < -0.39 is 28.0 Å². The van der Waals surface area contributed by atoms with Gasteiger partial charge in [0.05, 0.1) is 4.90 Å². The Bertz CT molecular complexity index is 873. The zero-order valence-electron chi connectivity index (χ0n) is 13.0. The summed E-state index contributed by atoms with van der Waals surface area (Å²) < 4.78 is 27.7. The summed E-state index contributed by atoms with van der Waals surface area (Å²) in [6, 6.07) is 7.27. The van der Waals surface area contributed by atoms with Gasteiger partial charge in [-0.2, -0.15) is 0 Å². The molecule has 0 fully saturated rings. The lowest BCUT2D eigenvalue weighted by molar-refractivity contribution is -0.123. The minimum atomic E-state index is -3.87. The number of esters is 1. The summed E-state index contributed by atoms with van der Waals surface area (Å²) in [5, 5.41) is 9.29. The van der Waals surface area contributed by atoms with E-state index in [0.29, 0.717) is 4.88 Å². The van der Waals surface area contributed by atoms with E-state index in [4.69, 9.17) is 9.88 Å². The van der Waals surface area contributed by atoms with Crippen molar-refractivity contribution >= 4 is 38.9 Å². The van der Waals surface area contributed by atoms with Crippen LogP contribution in [0.1, 0.15) is 22.2 Å². The van der Waals surface area contributed by atoms with Crippen LogP contribution in [-0.4, -0.2) is 26.4 Å². The van der Waals surface area contributed by atoms with Gasteiger partial charge in [0.2, 0.25) is 10.0 Å². The van der Waals surface area contributed by atoms with Crippen LogP contribution < -0.4 is 10.5 Å². The molecule has 24 heavy (non-hydrogen) atoms. The van der Waals surface area contributed by atoms with Crippen molar-refractivity contribution in [2.24, 2.45) is 5.14 Å². The average Bonchev–Trinajstić information content (AvgIpc) is 2.92. The number of amides is 1. The number of nitrogens with two attached hydrogens (primary N) is 1. The van der Waals surface area contributed by atoms with Gasteiger partial charge in [0.25, 0.3) is 5.91 Å². The Morgan fingerprint density at radius 1 is 1.29 bits per heavy atom. The number of rotatable bonds is 5. The number of hydrogen-bond acceptors (Lipinski definition) is 6. The van der Waals surface area contributed by atoms with Gasteiger partial charge in [-0.3, -0.25) is 4.79 Å². The van der Waals surface area contributed by atoms with E-state index in [9.17, 15) is 18.0 Å². The lowest BCUT2D eigenvalue weighted by Gasteiger charge is -2.13. The predicted octanol–water partition coefficient (Wildman–Crippen LogP) is 1.89. The van der Waals surface area contributed by atoms with Crippen LogP contribution in [0.2, 0.25) is 0 Å². The molecule has 1 aromatic carbocycles. The molecule has 1 aromatic heterocycles. The van der Waals surface area contributed by atoms with E-state index in [1.807, 2.05) is 0 Å². The minimum Gasteiger partial charge on any atom is -0.448 e. The van der Waals surface area contributed by atoms with Crippen molar-refractivity contribution in [3.05, 3.63) is 46.2 Å². The van der Waals surface area contributed by atoms with E-state index in [1.54, 1.807) is 18.4 Å². The second-order valence-electron chi connectivity index (χ2n) is 5.04. The third-order valence-corrected chi connectivity index (χ3v) is 5.04. The Hall–Kier alpha value is -2.23. The van der Waals surface area contributed by atoms with Gasteiger partial charge in [-0.25, -0.2) is 18.4 Å². The number of primary sulfonamides is 1. The van der Waals surface area contributed by atoms with E-state index in [1.165, 1.54) is 42.5 Å². The number of aryl methyl sites for hydroxylation is 1. The number of hydrogen-bond donors (Lipinski definition) is 2. The maximum atomic E-state index is 12.1. The van der Waals surface area contributed by atoms with Gasteiger partial charge in [0.1, 0.15) is 4.88 Å². The number of nitrogens with one attached hydrogen (secondary N) is 1. The molecule has 9 heteroatoms. The first-order chi connectivity index (χ1) is 11.2. The van der Waals surface area contributed by atoms with Crippen LogP contribution in [0.15, 0.2) is 40.6 Å². The lowest BCUT2D eigenvalue weighted by Crippen LogP contribution is -2.30. The Labute approximate surface area is 143 Å². The summed E-state index contributed by atoms with van der Waals surface area (Å²) in [7, 11) is -3.87. The largest absolute Gasteiger partial charge is 0.448 e. The van der Waals surface area contributed by atoms with Gasteiger partial charge < -0.3 is 10.1 Å². The zero-order chi connectivity index (χ0) is 17.9. The quantitative estimate of drug-likeness (QED) is 0.782. The highest BCUT2D eigenvalue weighted by atomic mass is 32.2. The van der Waals surface area contributed by atoms with Gasteiger partial charge >= 0.3 is 5.97 Å². The third kappa shape index (κ3) is 4.40. The number of benzene rings is 1. The fraction of sp³-hybridized carbons (Fsp3) is 0.200. The smallest absolute Gasteiger partial charge is 0.349 e. The van der Waals surface area contributed by atoms with Crippen LogP contribution in [0.3, 0.4) is 0 Å². The molecular weight excluding hydrogens is 352 g/mol. The van der Waals surface area contributed by atoms with E-state index in [2.05, 4.69) is 5.32 Å². The first-order valence-corrected chi connectivity index (χ1v) is 9.30. The standard InChI is InChI=1S/C15H16N2O5S2/c1-9-6-7-23-13(9)15(19)22-10(2)14(18)17-11-4-3-5-12(8-11)24(16,20)21/h3-8,10H,1-2H3,(H,17,18)(H2,16,20,21)/t10-/m0/s1. The minimum absolute atomic E-state index is 0.126. The van der Waals surface area contributed by atoms with E-state index in [-0.39, 0.29) is 10.6 Å². The Morgan fingerprint density at radius 2 is 2.00 bits per heavy atom. The molecule has 0 radical (unpaired) electrons. The highest BCUT2D eigenvalue weighted by Crippen LogP contribution is 2.18. The second kappa shape index (κ2) is 7.12. The average molecular weight is 368 g/mol. The van der Waals surface area contributed by atoms with E-state index >= 15 is 0 Å². The summed E-state index contributed by atoms with van der Waals surface area (Å²) in [4.78, 5) is 24.4. The van der Waals surface area contributed by atoms with Crippen molar-refractivity contribution in [3.63, 3.8) is 0 Å². The maximum Gasteiger partial charge on any atom is 0.349 e. The molecule has 0 aliphatic carbocycles. The van der Waals surface area contributed by atoms with Gasteiger partial charge in [-0.1, -0.05) is 6.07 Å². The number of anilines is 1. The number of carbonyl (C=O) groups excluding carboxylic acids is 2. The van der Waals surface area contributed by atoms with Gasteiger partial charge in [0.15, 0.2) is 6.10 Å². The predicted molar refractivity (Wildman–Crippen MR) is 90.4 cm³/mol. The summed E-state index contributed by atoms with van der Waals surface area (Å²) in [6.45, 7) is 3.20. The molecule has 0 unspecified atom stereocenters. The molecule has 1 heterocycles. The SMILES string of the molecule is Cc1ccsc1C(=O)O[C@@H](C)C(=O)Nc1cccc(S(N)(=O)=O)c1. The molecular formula is C15H16N2O5S2. The molecule has 1 amide bonds. The molecule has 3 N–H and O–H groups in total.